The van der Waals surface area contributed by atoms with Crippen LogP contribution in [0.2, 0.25) is 5.02 Å². The van der Waals surface area contributed by atoms with Crippen LogP contribution >= 0.6 is 11.6 Å². The molecule has 1 saturated carbocycles. The van der Waals surface area contributed by atoms with Crippen molar-refractivity contribution in [2.24, 2.45) is 0 Å². The zero-order valence-electron chi connectivity index (χ0n) is 14.3. The van der Waals surface area contributed by atoms with E-state index in [1.165, 1.54) is 0 Å². The number of rotatable bonds is 8. The van der Waals surface area contributed by atoms with E-state index in [2.05, 4.69) is 20.8 Å². The molecule has 1 heterocycles. The maximum Gasteiger partial charge on any atom is 0.315 e. The van der Waals surface area contributed by atoms with Crippen LogP contribution in [0.25, 0.3) is 0 Å². The molecule has 0 unspecified atom stereocenters. The number of nitrogens with zero attached hydrogens (tertiary/aromatic N) is 2. The molecule has 1 aliphatic carbocycles. The summed E-state index contributed by atoms with van der Waals surface area (Å²) in [7, 11) is 0. The van der Waals surface area contributed by atoms with Gasteiger partial charge in [-0.05, 0) is 43.5 Å². The smallest absolute Gasteiger partial charge is 0.315 e. The summed E-state index contributed by atoms with van der Waals surface area (Å²) < 4.78 is 10.3. The Hall–Kier alpha value is -2.61. The van der Waals surface area contributed by atoms with E-state index in [0.717, 1.165) is 18.4 Å². The van der Waals surface area contributed by atoms with Gasteiger partial charge in [-0.3, -0.25) is 9.59 Å². The minimum Gasteiger partial charge on any atom is -0.484 e. The maximum atomic E-state index is 11.9. The Morgan fingerprint density at radius 1 is 1.31 bits per heavy atom. The number of hydrogen-bond acceptors (Lipinski definition) is 6. The van der Waals surface area contributed by atoms with Crippen molar-refractivity contribution < 1.29 is 18.8 Å². The molecule has 2 N–H and O–H groups in total. The number of hydrogen-bond donors (Lipinski definition) is 2. The highest BCUT2D eigenvalue weighted by Crippen LogP contribution is 2.38. The number of aryl methyl sites for hydroxylation is 1. The van der Waals surface area contributed by atoms with Crippen molar-refractivity contribution in [1.82, 2.24) is 20.8 Å². The van der Waals surface area contributed by atoms with Gasteiger partial charge in [-0.15, -0.1) is 0 Å². The summed E-state index contributed by atoms with van der Waals surface area (Å²) >= 11 is 5.93. The molecule has 1 aliphatic rings. The SMILES string of the molecule is Cc1cc(OCC(=O)NCCNC(=O)c2nc(C3CC3)no2)ccc1Cl. The predicted molar refractivity (Wildman–Crippen MR) is 93.3 cm³/mol. The second kappa shape index (κ2) is 8.18. The highest BCUT2D eigenvalue weighted by atomic mass is 35.5. The molecular weight excluding hydrogens is 360 g/mol. The zero-order valence-corrected chi connectivity index (χ0v) is 15.0. The van der Waals surface area contributed by atoms with E-state index in [1.54, 1.807) is 18.2 Å². The highest BCUT2D eigenvalue weighted by molar-refractivity contribution is 6.31. The Balaban J connectivity index is 1.32. The van der Waals surface area contributed by atoms with Crippen molar-refractivity contribution in [3.63, 3.8) is 0 Å². The monoisotopic (exact) mass is 378 g/mol. The van der Waals surface area contributed by atoms with E-state index in [0.29, 0.717) is 22.5 Å². The Kier molecular flexibility index (Phi) is 5.72. The van der Waals surface area contributed by atoms with Gasteiger partial charge < -0.3 is 19.9 Å². The Bertz CT molecular complexity index is 804. The number of benzene rings is 1. The van der Waals surface area contributed by atoms with Gasteiger partial charge in [0.1, 0.15) is 5.75 Å². The average Bonchev–Trinajstić information content (AvgIpc) is 3.36. The number of carbonyl (C=O) groups excluding carboxylic acids is 2. The summed E-state index contributed by atoms with van der Waals surface area (Å²) in [5.74, 6) is 0.673. The first kappa shape index (κ1) is 18.2. The van der Waals surface area contributed by atoms with E-state index in [1.807, 2.05) is 6.92 Å². The molecule has 0 saturated heterocycles. The lowest BCUT2D eigenvalue weighted by atomic mass is 10.2. The first-order chi connectivity index (χ1) is 12.5. The fraction of sp³-hybridized carbons (Fsp3) is 0.412. The standard InChI is InChI=1S/C17H19ClN4O4/c1-10-8-12(4-5-13(10)18)25-9-14(23)19-6-7-20-16(24)17-21-15(22-26-17)11-2-3-11/h4-5,8,11H,2-3,6-7,9H2,1H3,(H,19,23)(H,20,24). The van der Waals surface area contributed by atoms with Gasteiger partial charge in [-0.2, -0.15) is 4.98 Å². The molecule has 1 fully saturated rings. The second-order valence-electron chi connectivity index (χ2n) is 6.04. The van der Waals surface area contributed by atoms with Crippen LogP contribution in [0.5, 0.6) is 5.75 Å². The molecule has 1 aromatic carbocycles. The van der Waals surface area contributed by atoms with Gasteiger partial charge in [0.05, 0.1) is 0 Å². The van der Waals surface area contributed by atoms with Crippen LogP contribution in [0, 0.1) is 6.92 Å². The fourth-order valence-electron chi connectivity index (χ4n) is 2.19. The van der Waals surface area contributed by atoms with Gasteiger partial charge in [-0.25, -0.2) is 0 Å². The number of halogens is 1. The van der Waals surface area contributed by atoms with Crippen LogP contribution in [0.4, 0.5) is 0 Å². The number of nitrogens with one attached hydrogen (secondary N) is 2. The van der Waals surface area contributed by atoms with Gasteiger partial charge in [-0.1, -0.05) is 16.8 Å². The van der Waals surface area contributed by atoms with Crippen LogP contribution in [0.1, 0.15) is 40.8 Å². The van der Waals surface area contributed by atoms with Crippen molar-refractivity contribution in [1.29, 1.82) is 0 Å². The molecule has 0 radical (unpaired) electrons. The largest absolute Gasteiger partial charge is 0.484 e. The molecule has 8 nitrogen and oxygen atoms in total. The lowest BCUT2D eigenvalue weighted by molar-refractivity contribution is -0.123. The van der Waals surface area contributed by atoms with Gasteiger partial charge in [0.2, 0.25) is 0 Å². The molecule has 3 rings (SSSR count). The summed E-state index contributed by atoms with van der Waals surface area (Å²) in [6, 6.07) is 5.17. The van der Waals surface area contributed by atoms with E-state index in [4.69, 9.17) is 20.9 Å². The molecule has 26 heavy (non-hydrogen) atoms. The lowest BCUT2D eigenvalue weighted by Crippen LogP contribution is -2.36. The van der Waals surface area contributed by atoms with E-state index in [-0.39, 0.29) is 31.5 Å². The van der Waals surface area contributed by atoms with Crippen LogP contribution < -0.4 is 15.4 Å². The van der Waals surface area contributed by atoms with Crippen LogP contribution in [-0.4, -0.2) is 41.7 Å². The average molecular weight is 379 g/mol. The van der Waals surface area contributed by atoms with Crippen LogP contribution in [0.3, 0.4) is 0 Å². The summed E-state index contributed by atoms with van der Waals surface area (Å²) in [5.41, 5.74) is 0.873. The van der Waals surface area contributed by atoms with Crippen LogP contribution in [-0.2, 0) is 4.79 Å². The molecule has 0 atom stereocenters. The lowest BCUT2D eigenvalue weighted by Gasteiger charge is -2.08. The molecule has 0 bridgehead atoms. The van der Waals surface area contributed by atoms with Gasteiger partial charge in [0.25, 0.3) is 5.91 Å². The predicted octanol–water partition coefficient (Wildman–Crippen LogP) is 1.83. The first-order valence-corrected chi connectivity index (χ1v) is 8.68. The van der Waals surface area contributed by atoms with E-state index < -0.39 is 5.91 Å². The summed E-state index contributed by atoms with van der Waals surface area (Å²) in [5, 5.41) is 9.68. The molecule has 2 amide bonds. The topological polar surface area (TPSA) is 106 Å². The van der Waals surface area contributed by atoms with Crippen molar-refractivity contribution in [2.75, 3.05) is 19.7 Å². The molecule has 9 heteroatoms. The normalized spacial score (nSPS) is 13.3. The number of carbonyl (C=O) groups is 2. The minimum absolute atomic E-state index is 0.0559. The Labute approximate surface area is 155 Å². The Morgan fingerprint density at radius 2 is 2.08 bits per heavy atom. The fourth-order valence-corrected chi connectivity index (χ4v) is 2.31. The molecule has 1 aromatic heterocycles. The summed E-state index contributed by atoms with van der Waals surface area (Å²) in [4.78, 5) is 27.7. The second-order valence-corrected chi connectivity index (χ2v) is 6.44. The number of ether oxygens (including phenoxy) is 1. The highest BCUT2D eigenvalue weighted by Gasteiger charge is 2.29. The van der Waals surface area contributed by atoms with Crippen LogP contribution in [0.15, 0.2) is 22.7 Å². The van der Waals surface area contributed by atoms with Crippen molar-refractivity contribution in [2.45, 2.75) is 25.7 Å². The maximum absolute atomic E-state index is 11.9. The van der Waals surface area contributed by atoms with Gasteiger partial charge in [0, 0.05) is 24.0 Å². The molecule has 2 aromatic rings. The molecule has 138 valence electrons. The first-order valence-electron chi connectivity index (χ1n) is 8.30. The minimum atomic E-state index is -0.452. The van der Waals surface area contributed by atoms with E-state index in [9.17, 15) is 9.59 Å². The molecule has 0 spiro atoms. The third-order valence-electron chi connectivity index (χ3n) is 3.81. The summed E-state index contributed by atoms with van der Waals surface area (Å²) in [6.45, 7) is 2.24. The van der Waals surface area contributed by atoms with Gasteiger partial charge in [0.15, 0.2) is 12.4 Å². The quantitative estimate of drug-likeness (QED) is 0.679. The van der Waals surface area contributed by atoms with Gasteiger partial charge >= 0.3 is 11.8 Å². The number of aromatic nitrogens is 2. The Morgan fingerprint density at radius 3 is 2.81 bits per heavy atom. The van der Waals surface area contributed by atoms with E-state index >= 15 is 0 Å². The third kappa shape index (κ3) is 4.95. The third-order valence-corrected chi connectivity index (χ3v) is 4.23. The van der Waals surface area contributed by atoms with Crippen molar-refractivity contribution in [3.8, 4) is 5.75 Å². The number of amides is 2. The molecule has 0 aliphatic heterocycles. The zero-order chi connectivity index (χ0) is 18.5. The van der Waals surface area contributed by atoms with Crippen molar-refractivity contribution >= 4 is 23.4 Å². The van der Waals surface area contributed by atoms with Crippen molar-refractivity contribution in [3.05, 3.63) is 40.5 Å². The molecular formula is C17H19ClN4O4. The summed E-state index contributed by atoms with van der Waals surface area (Å²) in [6.07, 6.45) is 2.06.